The lowest BCUT2D eigenvalue weighted by atomic mass is 10.1. The van der Waals surface area contributed by atoms with Crippen LogP contribution in [0.25, 0.3) is 23.1 Å². The Labute approximate surface area is 221 Å². The molecule has 1 aliphatic rings. The van der Waals surface area contributed by atoms with Gasteiger partial charge in [-0.25, -0.2) is 0 Å². The molecular weight excluding hydrogens is 460 g/mol. The van der Waals surface area contributed by atoms with Gasteiger partial charge >= 0.3 is 0 Å². The molecule has 0 saturated carbocycles. The van der Waals surface area contributed by atoms with Crippen molar-refractivity contribution in [2.75, 3.05) is 46.3 Å². The summed E-state index contributed by atoms with van der Waals surface area (Å²) in [6.45, 7) is 18.0. The third-order valence-corrected chi connectivity index (χ3v) is 6.08. The number of amidine groups is 1. The number of nitrogens with one attached hydrogen (secondary N) is 1. The van der Waals surface area contributed by atoms with Crippen molar-refractivity contribution in [3.8, 4) is 5.88 Å². The van der Waals surface area contributed by atoms with Gasteiger partial charge in [0.25, 0.3) is 0 Å². The SMILES string of the molecule is C=C/C=c1/ccc(C)n/c1=C/C.CC.CN1CCN(CCCN=C(N)c2ccc3[nH]c(O)cc3c2)CC1. The number of aryl methyl sites for hydroxylation is 1. The van der Waals surface area contributed by atoms with Crippen LogP contribution in [-0.2, 0) is 0 Å². The van der Waals surface area contributed by atoms with E-state index in [-0.39, 0.29) is 5.88 Å². The molecule has 37 heavy (non-hydrogen) atoms. The molecule has 0 unspecified atom stereocenters. The first-order valence-electron chi connectivity index (χ1n) is 13.2. The summed E-state index contributed by atoms with van der Waals surface area (Å²) in [5, 5.41) is 12.6. The standard InChI is InChI=1S/C17H25N5O.C11H13N.C2H6/c1-21-7-9-22(10-8-21)6-2-5-19-17(18)13-3-4-15-14(11-13)12-16(23)20-15;1-4-6-10-8-7-9(3)12-11(10)5-2;1-2/h3-4,11-12,20,23H,2,5-10H2,1H3,(H2,18,19);4-8H,1H2,2-3H3;1-2H3/b;10-6-,11-5+;. The van der Waals surface area contributed by atoms with Crippen molar-refractivity contribution in [2.45, 2.75) is 34.1 Å². The number of pyridine rings is 1. The molecule has 4 N–H and O–H groups in total. The molecule has 3 aromatic rings. The van der Waals surface area contributed by atoms with Crippen molar-refractivity contribution < 1.29 is 5.11 Å². The Balaban J connectivity index is 0.000000291. The van der Waals surface area contributed by atoms with Gasteiger partial charge in [0.1, 0.15) is 5.84 Å². The molecule has 0 atom stereocenters. The van der Waals surface area contributed by atoms with Gasteiger partial charge in [0.05, 0.1) is 5.35 Å². The molecular formula is C30H44N6O. The van der Waals surface area contributed by atoms with Gasteiger partial charge in [-0.15, -0.1) is 0 Å². The van der Waals surface area contributed by atoms with E-state index < -0.39 is 0 Å². The number of benzene rings is 1. The first-order valence-corrected chi connectivity index (χ1v) is 13.2. The van der Waals surface area contributed by atoms with Gasteiger partial charge in [0, 0.05) is 61.0 Å². The van der Waals surface area contributed by atoms with Gasteiger partial charge in [0.2, 0.25) is 0 Å². The van der Waals surface area contributed by atoms with Crippen molar-refractivity contribution in [3.63, 3.8) is 0 Å². The predicted octanol–water partition coefficient (Wildman–Crippen LogP) is 3.40. The second-order valence-electron chi connectivity index (χ2n) is 8.84. The highest BCUT2D eigenvalue weighted by Crippen LogP contribution is 2.20. The quantitative estimate of drug-likeness (QED) is 0.272. The molecule has 2 aromatic heterocycles. The Kier molecular flexibility index (Phi) is 12.6. The minimum atomic E-state index is 0.167. The monoisotopic (exact) mass is 504 g/mol. The molecule has 1 aromatic carbocycles. The number of rotatable bonds is 6. The fraction of sp³-hybridized carbons (Fsp3) is 0.400. The number of allylic oxidation sites excluding steroid dienone is 1. The first kappa shape index (κ1) is 29.8. The Morgan fingerprint density at radius 2 is 1.89 bits per heavy atom. The van der Waals surface area contributed by atoms with Crippen LogP contribution < -0.4 is 16.3 Å². The number of nitrogens with zero attached hydrogens (tertiary/aromatic N) is 4. The van der Waals surface area contributed by atoms with Gasteiger partial charge < -0.3 is 25.6 Å². The fourth-order valence-electron chi connectivity index (χ4n) is 4.02. The van der Waals surface area contributed by atoms with Gasteiger partial charge in [-0.05, 0) is 63.3 Å². The Morgan fingerprint density at radius 3 is 2.57 bits per heavy atom. The van der Waals surface area contributed by atoms with E-state index in [0.29, 0.717) is 5.84 Å². The minimum Gasteiger partial charge on any atom is -0.495 e. The zero-order chi connectivity index (χ0) is 27.2. The molecule has 1 saturated heterocycles. The number of piperazine rings is 1. The van der Waals surface area contributed by atoms with E-state index >= 15 is 0 Å². The zero-order valence-corrected chi connectivity index (χ0v) is 23.2. The lowest BCUT2D eigenvalue weighted by molar-refractivity contribution is 0.153. The third kappa shape index (κ3) is 9.52. The molecule has 0 amide bonds. The Morgan fingerprint density at radius 1 is 1.16 bits per heavy atom. The summed E-state index contributed by atoms with van der Waals surface area (Å²) in [5.74, 6) is 0.728. The molecule has 1 fully saturated rings. The summed E-state index contributed by atoms with van der Waals surface area (Å²) in [5.41, 5.74) is 8.93. The van der Waals surface area contributed by atoms with Crippen LogP contribution in [0.1, 0.15) is 38.4 Å². The van der Waals surface area contributed by atoms with Crippen molar-refractivity contribution in [1.29, 1.82) is 0 Å². The third-order valence-electron chi connectivity index (χ3n) is 6.08. The number of hydrogen-bond acceptors (Lipinski definition) is 5. The molecule has 3 heterocycles. The van der Waals surface area contributed by atoms with E-state index in [4.69, 9.17) is 5.73 Å². The maximum atomic E-state index is 9.47. The zero-order valence-electron chi connectivity index (χ0n) is 23.2. The number of nitrogens with two attached hydrogens (primary N) is 1. The number of aromatic nitrogens is 2. The maximum absolute atomic E-state index is 9.47. The molecule has 0 bridgehead atoms. The van der Waals surface area contributed by atoms with E-state index in [1.165, 1.54) is 0 Å². The second-order valence-corrected chi connectivity index (χ2v) is 8.84. The maximum Gasteiger partial charge on any atom is 0.189 e. The number of aromatic amines is 1. The number of fused-ring (bicyclic) bond motifs is 1. The average Bonchev–Trinajstić information content (AvgIpc) is 3.29. The highest BCUT2D eigenvalue weighted by Gasteiger charge is 2.12. The number of aliphatic imine (C=N–C) groups is 1. The summed E-state index contributed by atoms with van der Waals surface area (Å²) in [4.78, 5) is 16.6. The fourth-order valence-corrected chi connectivity index (χ4v) is 4.02. The minimum absolute atomic E-state index is 0.167. The Hall–Kier alpha value is -3.42. The van der Waals surface area contributed by atoms with Crippen LogP contribution in [0.2, 0.25) is 0 Å². The highest BCUT2D eigenvalue weighted by atomic mass is 16.3. The lowest BCUT2D eigenvalue weighted by Gasteiger charge is -2.32. The van der Waals surface area contributed by atoms with Gasteiger partial charge in [-0.2, -0.15) is 0 Å². The summed E-state index contributed by atoms with van der Waals surface area (Å²) >= 11 is 0. The van der Waals surface area contributed by atoms with Crippen molar-refractivity contribution >= 4 is 28.9 Å². The van der Waals surface area contributed by atoms with Crippen LogP contribution in [0.15, 0.2) is 54.0 Å². The molecule has 0 radical (unpaired) electrons. The first-order chi connectivity index (χ1) is 17.9. The smallest absolute Gasteiger partial charge is 0.189 e. The van der Waals surface area contributed by atoms with Crippen LogP contribution in [0.4, 0.5) is 0 Å². The molecule has 0 spiro atoms. The number of likely N-dealkylation sites (N-methyl/N-ethyl adjacent to an activating group) is 1. The van der Waals surface area contributed by atoms with Crippen LogP contribution in [0.5, 0.6) is 5.88 Å². The van der Waals surface area contributed by atoms with Crippen LogP contribution in [-0.4, -0.2) is 77.0 Å². The highest BCUT2D eigenvalue weighted by molar-refractivity contribution is 6.00. The number of hydrogen-bond donors (Lipinski definition) is 3. The second kappa shape index (κ2) is 15.6. The van der Waals surface area contributed by atoms with Crippen molar-refractivity contribution in [1.82, 2.24) is 19.8 Å². The number of H-pyrrole nitrogens is 1. The largest absolute Gasteiger partial charge is 0.495 e. The van der Waals surface area contributed by atoms with Gasteiger partial charge in [-0.3, -0.25) is 9.98 Å². The molecule has 7 nitrogen and oxygen atoms in total. The molecule has 200 valence electrons. The Bertz CT molecular complexity index is 1270. The molecule has 4 rings (SSSR count). The molecule has 0 aliphatic carbocycles. The summed E-state index contributed by atoms with van der Waals surface area (Å²) in [6, 6.07) is 11.5. The summed E-state index contributed by atoms with van der Waals surface area (Å²) in [6.07, 6.45) is 6.76. The predicted molar refractivity (Wildman–Crippen MR) is 158 cm³/mol. The van der Waals surface area contributed by atoms with Gasteiger partial charge in [-0.1, -0.05) is 44.7 Å². The molecule has 1 aliphatic heterocycles. The topological polar surface area (TPSA) is 93.8 Å². The van der Waals surface area contributed by atoms with Crippen molar-refractivity contribution in [2.24, 2.45) is 10.7 Å². The van der Waals surface area contributed by atoms with Crippen LogP contribution in [0, 0.1) is 6.92 Å². The summed E-state index contributed by atoms with van der Waals surface area (Å²) < 4.78 is 0. The molecule has 7 heteroatoms. The van der Waals surface area contributed by atoms with E-state index in [1.807, 2.05) is 64.1 Å². The van der Waals surface area contributed by atoms with Crippen molar-refractivity contribution in [3.05, 3.63) is 70.9 Å². The average molecular weight is 505 g/mol. The number of aromatic hydroxyl groups is 1. The van der Waals surface area contributed by atoms with E-state index in [9.17, 15) is 5.11 Å². The normalized spacial score (nSPS) is 15.6. The van der Waals surface area contributed by atoms with E-state index in [0.717, 1.165) is 78.4 Å². The summed E-state index contributed by atoms with van der Waals surface area (Å²) in [7, 11) is 2.17. The lowest BCUT2D eigenvalue weighted by Crippen LogP contribution is -2.44. The van der Waals surface area contributed by atoms with Crippen LogP contribution in [0.3, 0.4) is 0 Å². The van der Waals surface area contributed by atoms with Crippen LogP contribution >= 0.6 is 0 Å². The van der Waals surface area contributed by atoms with E-state index in [1.54, 1.807) is 12.1 Å². The van der Waals surface area contributed by atoms with Gasteiger partial charge in [0.15, 0.2) is 5.88 Å². The van der Waals surface area contributed by atoms with E-state index in [2.05, 4.69) is 44.5 Å².